The van der Waals surface area contributed by atoms with Crippen LogP contribution >= 0.6 is 0 Å². The fourth-order valence-electron chi connectivity index (χ4n) is 2.82. The van der Waals surface area contributed by atoms with Crippen LogP contribution in [0.3, 0.4) is 0 Å². The Labute approximate surface area is 130 Å². The van der Waals surface area contributed by atoms with Crippen molar-refractivity contribution in [3.63, 3.8) is 0 Å². The minimum absolute atomic E-state index is 0.183. The SMILES string of the molecule is O=[N+]([O-])c1ccc(NC2CCc3ccc(F)cc32)c([N+](=O)[O-])c1. The molecular weight excluding hydrogens is 305 g/mol. The third-order valence-corrected chi connectivity index (χ3v) is 3.90. The Balaban J connectivity index is 1.94. The van der Waals surface area contributed by atoms with Crippen LogP contribution in [0.2, 0.25) is 0 Å². The van der Waals surface area contributed by atoms with Crippen LogP contribution in [0.25, 0.3) is 0 Å². The largest absolute Gasteiger partial charge is 0.373 e. The second kappa shape index (κ2) is 5.64. The Morgan fingerprint density at radius 2 is 1.87 bits per heavy atom. The van der Waals surface area contributed by atoms with Gasteiger partial charge in [0.05, 0.1) is 22.0 Å². The molecule has 0 aromatic heterocycles. The number of hydrogen-bond acceptors (Lipinski definition) is 5. The molecular formula is C15H12FN3O4. The van der Waals surface area contributed by atoms with Gasteiger partial charge in [-0.1, -0.05) is 6.07 Å². The molecule has 1 N–H and O–H groups in total. The first-order chi connectivity index (χ1) is 11.0. The molecule has 1 aliphatic rings. The smallest absolute Gasteiger partial charge is 0.299 e. The summed E-state index contributed by atoms with van der Waals surface area (Å²) in [5, 5.41) is 24.9. The first kappa shape index (κ1) is 14.9. The van der Waals surface area contributed by atoms with Crippen LogP contribution in [-0.2, 0) is 6.42 Å². The number of fused-ring (bicyclic) bond motifs is 1. The molecule has 0 spiro atoms. The topological polar surface area (TPSA) is 98.3 Å². The molecule has 23 heavy (non-hydrogen) atoms. The monoisotopic (exact) mass is 317 g/mol. The second-order valence-corrected chi connectivity index (χ2v) is 5.29. The lowest BCUT2D eigenvalue weighted by atomic mass is 10.1. The van der Waals surface area contributed by atoms with Gasteiger partial charge in [-0.3, -0.25) is 20.2 Å². The number of nitrogens with one attached hydrogen (secondary N) is 1. The third-order valence-electron chi connectivity index (χ3n) is 3.90. The number of anilines is 1. The summed E-state index contributed by atoms with van der Waals surface area (Å²) in [4.78, 5) is 20.6. The summed E-state index contributed by atoms with van der Waals surface area (Å²) >= 11 is 0. The maximum absolute atomic E-state index is 13.4. The molecule has 3 rings (SSSR count). The van der Waals surface area contributed by atoms with Gasteiger partial charge in [0.25, 0.3) is 11.4 Å². The van der Waals surface area contributed by atoms with E-state index in [0.29, 0.717) is 6.42 Å². The molecule has 2 aromatic carbocycles. The van der Waals surface area contributed by atoms with E-state index >= 15 is 0 Å². The van der Waals surface area contributed by atoms with Crippen LogP contribution in [0.4, 0.5) is 21.5 Å². The van der Waals surface area contributed by atoms with Gasteiger partial charge in [-0.15, -0.1) is 0 Å². The number of nitro groups is 2. The zero-order valence-electron chi connectivity index (χ0n) is 11.9. The van der Waals surface area contributed by atoms with Gasteiger partial charge in [0.1, 0.15) is 11.5 Å². The Morgan fingerprint density at radius 1 is 1.09 bits per heavy atom. The van der Waals surface area contributed by atoms with Crippen molar-refractivity contribution in [3.05, 3.63) is 73.6 Å². The summed E-state index contributed by atoms with van der Waals surface area (Å²) in [5.41, 5.74) is 1.22. The van der Waals surface area contributed by atoms with E-state index in [0.717, 1.165) is 23.6 Å². The maximum atomic E-state index is 13.4. The molecule has 2 aromatic rings. The number of benzene rings is 2. The molecule has 0 saturated heterocycles. The van der Waals surface area contributed by atoms with E-state index < -0.39 is 9.85 Å². The van der Waals surface area contributed by atoms with E-state index in [1.54, 1.807) is 6.07 Å². The molecule has 0 amide bonds. The highest BCUT2D eigenvalue weighted by Gasteiger charge is 2.26. The van der Waals surface area contributed by atoms with Crippen LogP contribution in [0, 0.1) is 26.0 Å². The molecule has 1 unspecified atom stereocenters. The van der Waals surface area contributed by atoms with Gasteiger partial charge in [-0.2, -0.15) is 0 Å². The van der Waals surface area contributed by atoms with E-state index in [2.05, 4.69) is 5.32 Å². The Morgan fingerprint density at radius 3 is 2.57 bits per heavy atom. The molecule has 0 saturated carbocycles. The molecule has 0 radical (unpaired) electrons. The van der Waals surface area contributed by atoms with Crippen molar-refractivity contribution in [3.8, 4) is 0 Å². The zero-order chi connectivity index (χ0) is 16.6. The number of nitro benzene ring substituents is 2. The average Bonchev–Trinajstić information content (AvgIpc) is 2.89. The van der Waals surface area contributed by atoms with Crippen molar-refractivity contribution < 1.29 is 14.2 Å². The van der Waals surface area contributed by atoms with Gasteiger partial charge in [0.2, 0.25) is 0 Å². The van der Waals surface area contributed by atoms with Gasteiger partial charge in [-0.25, -0.2) is 4.39 Å². The molecule has 0 aliphatic heterocycles. The number of nitrogens with zero attached hydrogens (tertiary/aromatic N) is 2. The van der Waals surface area contributed by atoms with Crippen LogP contribution in [0.15, 0.2) is 36.4 Å². The standard InChI is InChI=1S/C15H12FN3O4/c16-10-3-1-9-2-5-13(12(9)7-10)17-14-6-4-11(18(20)21)8-15(14)19(22)23/h1,3-4,6-8,13,17H,2,5H2. The lowest BCUT2D eigenvalue weighted by Crippen LogP contribution is -2.09. The van der Waals surface area contributed by atoms with Gasteiger partial charge in [0.15, 0.2) is 0 Å². The Kier molecular flexibility index (Phi) is 3.65. The van der Waals surface area contributed by atoms with Crippen LogP contribution in [0.5, 0.6) is 0 Å². The number of non-ortho nitro benzene ring substituents is 1. The van der Waals surface area contributed by atoms with Crippen molar-refractivity contribution >= 4 is 17.1 Å². The Hall–Kier alpha value is -3.03. The van der Waals surface area contributed by atoms with Crippen molar-refractivity contribution in [2.75, 3.05) is 5.32 Å². The number of halogens is 1. The highest BCUT2D eigenvalue weighted by Crippen LogP contribution is 2.37. The van der Waals surface area contributed by atoms with Crippen LogP contribution < -0.4 is 5.32 Å². The van der Waals surface area contributed by atoms with Gasteiger partial charge < -0.3 is 5.32 Å². The third kappa shape index (κ3) is 2.83. The fraction of sp³-hybridized carbons (Fsp3) is 0.200. The maximum Gasteiger partial charge on any atom is 0.299 e. The molecule has 0 bridgehead atoms. The van der Waals surface area contributed by atoms with Gasteiger partial charge in [-0.05, 0) is 42.2 Å². The lowest BCUT2D eigenvalue weighted by molar-refractivity contribution is -0.393. The van der Waals surface area contributed by atoms with Crippen molar-refractivity contribution in [2.24, 2.45) is 0 Å². The van der Waals surface area contributed by atoms with E-state index in [1.165, 1.54) is 24.3 Å². The summed E-state index contributed by atoms with van der Waals surface area (Å²) in [7, 11) is 0. The summed E-state index contributed by atoms with van der Waals surface area (Å²) in [5.74, 6) is -0.365. The van der Waals surface area contributed by atoms with E-state index in [4.69, 9.17) is 0 Å². The molecule has 118 valence electrons. The van der Waals surface area contributed by atoms with E-state index in [9.17, 15) is 24.6 Å². The molecule has 0 heterocycles. The Bertz CT molecular complexity index is 809. The quantitative estimate of drug-likeness (QED) is 0.684. The van der Waals surface area contributed by atoms with Gasteiger partial charge >= 0.3 is 0 Å². The summed E-state index contributed by atoms with van der Waals surface area (Å²) < 4.78 is 13.4. The summed E-state index contributed by atoms with van der Waals surface area (Å²) in [6.07, 6.45) is 1.42. The molecule has 8 heteroatoms. The predicted octanol–water partition coefficient (Wildman–Crippen LogP) is 3.74. The summed E-state index contributed by atoms with van der Waals surface area (Å²) in [6.45, 7) is 0. The lowest BCUT2D eigenvalue weighted by Gasteiger charge is -2.15. The number of hydrogen-bond donors (Lipinski definition) is 1. The average molecular weight is 317 g/mol. The minimum Gasteiger partial charge on any atom is -0.373 e. The minimum atomic E-state index is -0.684. The number of rotatable bonds is 4. The molecule has 7 nitrogen and oxygen atoms in total. The zero-order valence-corrected chi connectivity index (χ0v) is 11.9. The molecule has 1 aliphatic carbocycles. The van der Waals surface area contributed by atoms with Crippen LogP contribution in [0.1, 0.15) is 23.6 Å². The fourth-order valence-corrected chi connectivity index (χ4v) is 2.82. The van der Waals surface area contributed by atoms with Crippen LogP contribution in [-0.4, -0.2) is 9.85 Å². The second-order valence-electron chi connectivity index (χ2n) is 5.29. The predicted molar refractivity (Wildman–Crippen MR) is 80.8 cm³/mol. The van der Waals surface area contributed by atoms with Gasteiger partial charge in [0, 0.05) is 6.07 Å². The van der Waals surface area contributed by atoms with Crippen molar-refractivity contribution in [1.82, 2.24) is 0 Å². The van der Waals surface area contributed by atoms with E-state index in [-0.39, 0.29) is 28.9 Å². The van der Waals surface area contributed by atoms with Crippen molar-refractivity contribution in [1.29, 1.82) is 0 Å². The molecule has 0 fully saturated rings. The summed E-state index contributed by atoms with van der Waals surface area (Å²) in [6, 6.07) is 7.68. The highest BCUT2D eigenvalue weighted by molar-refractivity contribution is 5.66. The number of aryl methyl sites for hydroxylation is 1. The van der Waals surface area contributed by atoms with Crippen molar-refractivity contribution in [2.45, 2.75) is 18.9 Å². The molecule has 1 atom stereocenters. The first-order valence-corrected chi connectivity index (χ1v) is 6.93. The first-order valence-electron chi connectivity index (χ1n) is 6.93. The highest BCUT2D eigenvalue weighted by atomic mass is 19.1. The normalized spacial score (nSPS) is 16.0. The van der Waals surface area contributed by atoms with E-state index in [1.807, 2.05) is 0 Å².